The molecule has 0 radical (unpaired) electrons. The highest BCUT2D eigenvalue weighted by atomic mass is 28.1. The first kappa shape index (κ1) is 4.78. The van der Waals surface area contributed by atoms with Gasteiger partial charge in [0.1, 0.15) is 0 Å². The topological polar surface area (TPSA) is 17.1 Å². The summed E-state index contributed by atoms with van der Waals surface area (Å²) >= 11 is 0. The first-order chi connectivity index (χ1) is 3.30. The Balaban J connectivity index is 2.72. The van der Waals surface area contributed by atoms with Crippen molar-refractivity contribution in [2.45, 2.75) is 12.8 Å². The van der Waals surface area contributed by atoms with E-state index < -0.39 is 0 Å². The standard InChI is InChI=1S/C5H8OSi/c6-4-2-1-3-5(4)7/h3H,1-2H2,7H3. The van der Waals surface area contributed by atoms with Crippen LogP contribution in [-0.4, -0.2) is 16.0 Å². The summed E-state index contributed by atoms with van der Waals surface area (Å²) in [6, 6.07) is 0. The quantitative estimate of drug-likeness (QED) is 0.390. The van der Waals surface area contributed by atoms with Crippen molar-refractivity contribution in [3.8, 4) is 0 Å². The summed E-state index contributed by atoms with van der Waals surface area (Å²) in [6.07, 6.45) is 3.82. The van der Waals surface area contributed by atoms with Crippen molar-refractivity contribution in [2.24, 2.45) is 0 Å². The SMILES string of the molecule is O=C1CCC=C1[SiH3]. The van der Waals surface area contributed by atoms with Gasteiger partial charge in [-0.05, 0) is 11.6 Å². The molecule has 0 aromatic rings. The Labute approximate surface area is 45.8 Å². The first-order valence-electron chi connectivity index (χ1n) is 2.50. The van der Waals surface area contributed by atoms with Gasteiger partial charge in [0, 0.05) is 16.7 Å². The van der Waals surface area contributed by atoms with Crippen LogP contribution in [0.5, 0.6) is 0 Å². The number of hydrogen-bond acceptors (Lipinski definition) is 1. The van der Waals surface area contributed by atoms with Crippen LogP contribution in [0.1, 0.15) is 12.8 Å². The van der Waals surface area contributed by atoms with Gasteiger partial charge >= 0.3 is 0 Å². The maximum Gasteiger partial charge on any atom is 0.153 e. The molecule has 7 heavy (non-hydrogen) atoms. The van der Waals surface area contributed by atoms with Gasteiger partial charge in [-0.25, -0.2) is 0 Å². The molecule has 0 heterocycles. The lowest BCUT2D eigenvalue weighted by molar-refractivity contribution is -0.114. The molecular weight excluding hydrogens is 104 g/mol. The zero-order valence-electron chi connectivity index (χ0n) is 4.40. The number of allylic oxidation sites excluding steroid dienone is 2. The summed E-state index contributed by atoms with van der Waals surface area (Å²) in [5.74, 6) is 0.381. The van der Waals surface area contributed by atoms with Gasteiger partial charge < -0.3 is 0 Å². The molecule has 0 saturated heterocycles. The Kier molecular flexibility index (Phi) is 1.10. The molecule has 0 unspecified atom stereocenters. The molecule has 1 nitrogen and oxygen atoms in total. The second-order valence-corrected chi connectivity index (χ2v) is 2.93. The Morgan fingerprint density at radius 1 is 1.71 bits per heavy atom. The number of Topliss-reactive ketones (excluding diaryl/α,β-unsaturated/α-hetero) is 1. The van der Waals surface area contributed by atoms with Crippen LogP contribution in [0.25, 0.3) is 0 Å². The predicted octanol–water partition coefficient (Wildman–Crippen LogP) is -0.401. The largest absolute Gasteiger partial charge is 0.295 e. The average Bonchev–Trinajstić information content (AvgIpc) is 1.91. The monoisotopic (exact) mass is 112 g/mol. The molecule has 0 amide bonds. The van der Waals surface area contributed by atoms with Crippen LogP contribution in [0.4, 0.5) is 0 Å². The molecule has 0 aliphatic heterocycles. The van der Waals surface area contributed by atoms with Gasteiger partial charge in [0.25, 0.3) is 0 Å². The molecule has 0 fully saturated rings. The van der Waals surface area contributed by atoms with E-state index in [9.17, 15) is 4.79 Å². The van der Waals surface area contributed by atoms with E-state index in [0.29, 0.717) is 5.78 Å². The Hall–Kier alpha value is -0.373. The Morgan fingerprint density at radius 3 is 2.57 bits per heavy atom. The van der Waals surface area contributed by atoms with E-state index in [1.807, 2.05) is 0 Å². The van der Waals surface area contributed by atoms with Crippen LogP contribution in [0.15, 0.2) is 11.3 Å². The molecular formula is C5H8OSi. The van der Waals surface area contributed by atoms with E-state index in [-0.39, 0.29) is 0 Å². The van der Waals surface area contributed by atoms with Crippen LogP contribution < -0.4 is 0 Å². The molecule has 2 heteroatoms. The minimum absolute atomic E-state index is 0.381. The predicted molar refractivity (Wildman–Crippen MR) is 32.3 cm³/mol. The summed E-state index contributed by atoms with van der Waals surface area (Å²) in [7, 11) is 0.948. The van der Waals surface area contributed by atoms with E-state index in [4.69, 9.17) is 0 Å². The Morgan fingerprint density at radius 2 is 2.43 bits per heavy atom. The smallest absolute Gasteiger partial charge is 0.153 e. The number of carbonyl (C=O) groups is 1. The highest BCUT2D eigenvalue weighted by molar-refractivity contribution is 6.37. The lowest BCUT2D eigenvalue weighted by Crippen LogP contribution is -1.92. The van der Waals surface area contributed by atoms with Crippen molar-refractivity contribution in [1.82, 2.24) is 0 Å². The van der Waals surface area contributed by atoms with Crippen LogP contribution >= 0.6 is 0 Å². The van der Waals surface area contributed by atoms with Crippen molar-refractivity contribution in [2.75, 3.05) is 0 Å². The molecule has 0 bridgehead atoms. The fourth-order valence-corrected chi connectivity index (χ4v) is 1.27. The molecule has 0 aromatic heterocycles. The van der Waals surface area contributed by atoms with Crippen molar-refractivity contribution in [1.29, 1.82) is 0 Å². The highest BCUT2D eigenvalue weighted by Gasteiger charge is 2.07. The van der Waals surface area contributed by atoms with Crippen molar-refractivity contribution < 1.29 is 4.79 Å². The van der Waals surface area contributed by atoms with Crippen LogP contribution in [0.3, 0.4) is 0 Å². The zero-order chi connectivity index (χ0) is 5.28. The minimum Gasteiger partial charge on any atom is -0.295 e. The van der Waals surface area contributed by atoms with Crippen molar-refractivity contribution >= 4 is 16.0 Å². The number of rotatable bonds is 0. The maximum absolute atomic E-state index is 10.5. The summed E-state index contributed by atoms with van der Waals surface area (Å²) < 4.78 is 0. The summed E-state index contributed by atoms with van der Waals surface area (Å²) in [4.78, 5) is 10.5. The molecule has 0 spiro atoms. The molecule has 0 atom stereocenters. The molecule has 38 valence electrons. The molecule has 0 N–H and O–H groups in total. The van der Waals surface area contributed by atoms with Gasteiger partial charge in [0.2, 0.25) is 0 Å². The van der Waals surface area contributed by atoms with Crippen molar-refractivity contribution in [3.05, 3.63) is 11.3 Å². The van der Waals surface area contributed by atoms with Crippen molar-refractivity contribution in [3.63, 3.8) is 0 Å². The van der Waals surface area contributed by atoms with E-state index >= 15 is 0 Å². The molecule has 1 rings (SSSR count). The summed E-state index contributed by atoms with van der Waals surface area (Å²) in [5, 5.41) is 1.08. The molecule has 1 aliphatic rings. The van der Waals surface area contributed by atoms with Gasteiger partial charge in [0.15, 0.2) is 5.78 Å². The van der Waals surface area contributed by atoms with Gasteiger partial charge in [-0.2, -0.15) is 0 Å². The fourth-order valence-electron chi connectivity index (χ4n) is 0.731. The first-order valence-corrected chi connectivity index (χ1v) is 3.50. The second kappa shape index (κ2) is 1.62. The average molecular weight is 112 g/mol. The molecule has 0 saturated carbocycles. The van der Waals surface area contributed by atoms with Crippen LogP contribution in [-0.2, 0) is 4.79 Å². The maximum atomic E-state index is 10.5. The molecule has 0 aromatic carbocycles. The normalized spacial score (nSPS) is 20.6. The third kappa shape index (κ3) is 0.799. The van der Waals surface area contributed by atoms with E-state index in [0.717, 1.165) is 28.3 Å². The van der Waals surface area contributed by atoms with Gasteiger partial charge in [-0.15, -0.1) is 0 Å². The lowest BCUT2D eigenvalue weighted by Gasteiger charge is -1.81. The third-order valence-electron chi connectivity index (χ3n) is 1.26. The zero-order valence-corrected chi connectivity index (χ0v) is 6.40. The highest BCUT2D eigenvalue weighted by Crippen LogP contribution is 2.08. The van der Waals surface area contributed by atoms with E-state index in [1.165, 1.54) is 0 Å². The van der Waals surface area contributed by atoms with E-state index in [2.05, 4.69) is 6.08 Å². The van der Waals surface area contributed by atoms with Gasteiger partial charge in [0.05, 0.1) is 0 Å². The van der Waals surface area contributed by atoms with Crippen LogP contribution in [0.2, 0.25) is 0 Å². The minimum atomic E-state index is 0.381. The van der Waals surface area contributed by atoms with Crippen LogP contribution in [0, 0.1) is 0 Å². The third-order valence-corrected chi connectivity index (χ3v) is 2.23. The Bertz CT molecular complexity index is 126. The number of ketones is 1. The number of hydrogen-bond donors (Lipinski definition) is 0. The van der Waals surface area contributed by atoms with Gasteiger partial charge in [-0.3, -0.25) is 4.79 Å². The lowest BCUT2D eigenvalue weighted by atomic mass is 10.3. The fraction of sp³-hybridized carbons (Fsp3) is 0.400. The number of carbonyl (C=O) groups excluding carboxylic acids is 1. The summed E-state index contributed by atoms with van der Waals surface area (Å²) in [5.41, 5.74) is 0. The summed E-state index contributed by atoms with van der Waals surface area (Å²) in [6.45, 7) is 0. The molecule has 1 aliphatic carbocycles. The second-order valence-electron chi connectivity index (χ2n) is 1.85. The van der Waals surface area contributed by atoms with Gasteiger partial charge in [-0.1, -0.05) is 6.08 Å². The van der Waals surface area contributed by atoms with E-state index in [1.54, 1.807) is 0 Å².